The fraction of sp³-hybridized carbons (Fsp3) is 0.0870. The van der Waals surface area contributed by atoms with Crippen molar-refractivity contribution >= 4 is 12.1 Å². The normalized spacial score (nSPS) is 10.3. The maximum absolute atomic E-state index is 11.8. The van der Waals surface area contributed by atoms with E-state index in [0.29, 0.717) is 17.9 Å². The third-order valence-electron chi connectivity index (χ3n) is 3.90. The minimum atomic E-state index is -0.420. The molecule has 0 aliphatic rings. The summed E-state index contributed by atoms with van der Waals surface area (Å²) < 4.78 is 11.1. The average molecular weight is 385 g/mol. The Balaban J connectivity index is 1.44. The second kappa shape index (κ2) is 10.3. The van der Waals surface area contributed by atoms with Gasteiger partial charge >= 0.3 is 0 Å². The van der Waals surface area contributed by atoms with Crippen molar-refractivity contribution in [3.8, 4) is 17.6 Å². The summed E-state index contributed by atoms with van der Waals surface area (Å²) in [5, 5.41) is 12.9. The smallest absolute Gasteiger partial charge is 0.277 e. The van der Waals surface area contributed by atoms with E-state index in [1.807, 2.05) is 60.7 Å². The molecule has 0 radical (unpaired) electrons. The summed E-state index contributed by atoms with van der Waals surface area (Å²) in [5.74, 6) is 0.691. The van der Waals surface area contributed by atoms with Crippen LogP contribution in [0.2, 0.25) is 0 Å². The molecule has 0 heterocycles. The minimum absolute atomic E-state index is 0.234. The molecule has 0 aliphatic carbocycles. The summed E-state index contributed by atoms with van der Waals surface area (Å²) in [6.07, 6.45) is 1.53. The molecule has 6 nitrogen and oxygen atoms in total. The van der Waals surface area contributed by atoms with E-state index < -0.39 is 5.91 Å². The monoisotopic (exact) mass is 385 g/mol. The predicted molar refractivity (Wildman–Crippen MR) is 110 cm³/mol. The zero-order chi connectivity index (χ0) is 20.3. The Bertz CT molecular complexity index is 1010. The largest absolute Gasteiger partial charge is 0.489 e. The second-order valence-corrected chi connectivity index (χ2v) is 6.03. The molecule has 3 aromatic rings. The summed E-state index contributed by atoms with van der Waals surface area (Å²) in [6, 6.07) is 26.0. The number of hydrogen-bond acceptors (Lipinski definition) is 5. The lowest BCUT2D eigenvalue weighted by molar-refractivity contribution is -0.123. The van der Waals surface area contributed by atoms with Gasteiger partial charge in [-0.15, -0.1) is 0 Å². The van der Waals surface area contributed by atoms with Crippen molar-refractivity contribution in [3.05, 3.63) is 95.6 Å². The summed E-state index contributed by atoms with van der Waals surface area (Å²) in [7, 11) is 0. The summed E-state index contributed by atoms with van der Waals surface area (Å²) in [4.78, 5) is 11.8. The van der Waals surface area contributed by atoms with Crippen LogP contribution in [-0.2, 0) is 11.4 Å². The van der Waals surface area contributed by atoms with Crippen molar-refractivity contribution in [1.82, 2.24) is 5.43 Å². The van der Waals surface area contributed by atoms with Crippen LogP contribution in [0, 0.1) is 11.3 Å². The number of ether oxygens (including phenoxy) is 2. The fourth-order valence-electron chi connectivity index (χ4n) is 2.43. The first-order valence-electron chi connectivity index (χ1n) is 8.95. The van der Waals surface area contributed by atoms with Gasteiger partial charge in [0.05, 0.1) is 11.8 Å². The van der Waals surface area contributed by atoms with Crippen molar-refractivity contribution < 1.29 is 14.3 Å². The van der Waals surface area contributed by atoms with E-state index in [0.717, 1.165) is 16.9 Å². The number of carbonyl (C=O) groups is 1. The molecule has 6 heteroatoms. The molecule has 0 fully saturated rings. The van der Waals surface area contributed by atoms with Crippen molar-refractivity contribution in [3.63, 3.8) is 0 Å². The molecule has 1 N–H and O–H groups in total. The molecule has 0 saturated heterocycles. The van der Waals surface area contributed by atoms with Gasteiger partial charge in [-0.2, -0.15) is 10.4 Å². The van der Waals surface area contributed by atoms with Gasteiger partial charge in [0.2, 0.25) is 0 Å². The number of nitrogens with one attached hydrogen (secondary N) is 1. The third kappa shape index (κ3) is 6.22. The minimum Gasteiger partial charge on any atom is -0.489 e. The first-order valence-corrected chi connectivity index (χ1v) is 8.95. The topological polar surface area (TPSA) is 83.7 Å². The van der Waals surface area contributed by atoms with Crippen LogP contribution in [0.15, 0.2) is 84.0 Å². The van der Waals surface area contributed by atoms with Crippen LogP contribution in [0.25, 0.3) is 0 Å². The van der Waals surface area contributed by atoms with Crippen LogP contribution in [0.3, 0.4) is 0 Å². The van der Waals surface area contributed by atoms with E-state index in [2.05, 4.69) is 10.5 Å². The van der Waals surface area contributed by atoms with Gasteiger partial charge in [-0.3, -0.25) is 4.79 Å². The summed E-state index contributed by atoms with van der Waals surface area (Å²) in [5.41, 5.74) is 4.68. The van der Waals surface area contributed by atoms with Crippen LogP contribution in [0.4, 0.5) is 0 Å². The highest BCUT2D eigenvalue weighted by Crippen LogP contribution is 2.16. The molecule has 0 aliphatic heterocycles. The van der Waals surface area contributed by atoms with E-state index in [-0.39, 0.29) is 6.61 Å². The van der Waals surface area contributed by atoms with Gasteiger partial charge in [-0.1, -0.05) is 42.5 Å². The van der Waals surface area contributed by atoms with Gasteiger partial charge in [-0.25, -0.2) is 5.43 Å². The van der Waals surface area contributed by atoms with Crippen LogP contribution >= 0.6 is 0 Å². The lowest BCUT2D eigenvalue weighted by Crippen LogP contribution is -2.24. The Kier molecular flexibility index (Phi) is 6.97. The molecule has 1 amide bonds. The molecule has 0 aromatic heterocycles. The Labute approximate surface area is 169 Å². The van der Waals surface area contributed by atoms with Gasteiger partial charge in [-0.05, 0) is 47.5 Å². The maximum Gasteiger partial charge on any atom is 0.277 e. The summed E-state index contributed by atoms with van der Waals surface area (Å²) >= 11 is 0. The zero-order valence-electron chi connectivity index (χ0n) is 15.6. The third-order valence-corrected chi connectivity index (χ3v) is 3.90. The highest BCUT2D eigenvalue weighted by molar-refractivity contribution is 5.83. The molecule has 3 aromatic carbocycles. The summed E-state index contributed by atoms with van der Waals surface area (Å²) in [6.45, 7) is 0.265. The molecular formula is C23H19N3O3. The van der Waals surface area contributed by atoms with Crippen molar-refractivity contribution in [1.29, 1.82) is 5.26 Å². The van der Waals surface area contributed by atoms with Crippen molar-refractivity contribution in [2.45, 2.75) is 6.61 Å². The number of amides is 1. The predicted octanol–water partition coefficient (Wildman–Crippen LogP) is 3.67. The van der Waals surface area contributed by atoms with Crippen LogP contribution in [0.5, 0.6) is 11.5 Å². The highest BCUT2D eigenvalue weighted by atomic mass is 16.5. The molecule has 0 unspecified atom stereocenters. The van der Waals surface area contributed by atoms with E-state index in [1.165, 1.54) is 6.21 Å². The number of carbonyl (C=O) groups excluding carboxylic acids is 1. The molecule has 144 valence electrons. The molecule has 0 saturated carbocycles. The van der Waals surface area contributed by atoms with E-state index in [4.69, 9.17) is 14.7 Å². The van der Waals surface area contributed by atoms with Crippen LogP contribution < -0.4 is 14.9 Å². The molecule has 0 atom stereocenters. The molecule has 0 spiro atoms. The quantitative estimate of drug-likeness (QED) is 0.474. The Morgan fingerprint density at radius 3 is 2.45 bits per heavy atom. The average Bonchev–Trinajstić information content (AvgIpc) is 2.78. The number of rotatable bonds is 8. The number of hydrogen-bond donors (Lipinski definition) is 1. The molecule has 29 heavy (non-hydrogen) atoms. The van der Waals surface area contributed by atoms with Gasteiger partial charge in [0, 0.05) is 0 Å². The second-order valence-electron chi connectivity index (χ2n) is 6.03. The van der Waals surface area contributed by atoms with Crippen molar-refractivity contribution in [2.24, 2.45) is 5.10 Å². The SMILES string of the molecule is N#Cc1ccccc1OCC(=O)N/N=C/c1ccc(OCc2ccccc2)cc1. The highest BCUT2D eigenvalue weighted by Gasteiger charge is 2.05. The zero-order valence-corrected chi connectivity index (χ0v) is 15.6. The molecule has 3 rings (SSSR count). The van der Waals surface area contributed by atoms with E-state index in [9.17, 15) is 4.79 Å². The number of nitriles is 1. The number of benzene rings is 3. The molecular weight excluding hydrogens is 366 g/mol. The van der Waals surface area contributed by atoms with Crippen molar-refractivity contribution in [2.75, 3.05) is 6.61 Å². The van der Waals surface area contributed by atoms with Gasteiger partial charge in [0.15, 0.2) is 6.61 Å². The fourth-order valence-corrected chi connectivity index (χ4v) is 2.43. The maximum atomic E-state index is 11.8. The standard InChI is InChI=1S/C23H19N3O3/c24-14-20-8-4-5-9-22(20)29-17-23(27)26-25-15-18-10-12-21(13-11-18)28-16-19-6-2-1-3-7-19/h1-13,15H,16-17H2,(H,26,27)/b25-15+. The van der Waals surface area contributed by atoms with Gasteiger partial charge < -0.3 is 9.47 Å². The number of hydrazone groups is 1. The van der Waals surface area contributed by atoms with E-state index in [1.54, 1.807) is 24.3 Å². The first-order chi connectivity index (χ1) is 14.2. The number of nitrogens with zero attached hydrogens (tertiary/aromatic N) is 2. The lowest BCUT2D eigenvalue weighted by atomic mass is 10.2. The van der Waals surface area contributed by atoms with Gasteiger partial charge in [0.1, 0.15) is 24.2 Å². The lowest BCUT2D eigenvalue weighted by Gasteiger charge is -2.07. The van der Waals surface area contributed by atoms with Gasteiger partial charge in [0.25, 0.3) is 5.91 Å². The van der Waals surface area contributed by atoms with E-state index >= 15 is 0 Å². The van der Waals surface area contributed by atoms with Crippen LogP contribution in [0.1, 0.15) is 16.7 Å². The first kappa shape index (κ1) is 19.6. The van der Waals surface area contributed by atoms with Crippen LogP contribution in [-0.4, -0.2) is 18.7 Å². The number of para-hydroxylation sites is 1. The Morgan fingerprint density at radius 2 is 1.69 bits per heavy atom. The Morgan fingerprint density at radius 1 is 0.966 bits per heavy atom. The molecule has 0 bridgehead atoms. The Hall–Kier alpha value is -4.11.